The maximum absolute atomic E-state index is 11.7. The van der Waals surface area contributed by atoms with Crippen LogP contribution < -0.4 is 0 Å². The van der Waals surface area contributed by atoms with Gasteiger partial charge in [0.2, 0.25) is 0 Å². The van der Waals surface area contributed by atoms with E-state index in [1.807, 2.05) is 13.8 Å². The Morgan fingerprint density at radius 3 is 2.35 bits per heavy atom. The fraction of sp³-hybridized carbons (Fsp3) is 0.833. The number of hydrogen-bond acceptors (Lipinski definition) is 5. The monoisotopic (exact) mass is 328 g/mol. The second-order valence-electron chi connectivity index (χ2n) is 7.28. The summed E-state index contributed by atoms with van der Waals surface area (Å²) in [5, 5.41) is 10.1. The molecule has 1 rings (SSSR count). The predicted molar refractivity (Wildman–Crippen MR) is 89.0 cm³/mol. The lowest BCUT2D eigenvalue weighted by Crippen LogP contribution is -2.45. The molecule has 0 amide bonds. The first-order valence-corrected chi connectivity index (χ1v) is 8.39. The molecule has 1 fully saturated rings. The Bertz CT molecular complexity index is 439. The molecular weight excluding hydrogens is 296 g/mol. The number of carbonyl (C=O) groups excluding carboxylic acids is 1. The first-order valence-electron chi connectivity index (χ1n) is 8.39. The van der Waals surface area contributed by atoms with Gasteiger partial charge in [0.1, 0.15) is 6.10 Å². The smallest absolute Gasteiger partial charge is 0.333 e. The van der Waals surface area contributed by atoms with Gasteiger partial charge in [-0.15, -0.1) is 0 Å². The van der Waals surface area contributed by atoms with Crippen molar-refractivity contribution in [2.45, 2.75) is 90.3 Å². The Morgan fingerprint density at radius 2 is 1.96 bits per heavy atom. The number of ether oxygens (including phenoxy) is 3. The van der Waals surface area contributed by atoms with Gasteiger partial charge in [-0.1, -0.05) is 20.4 Å². The third-order valence-corrected chi connectivity index (χ3v) is 4.46. The molecule has 0 aromatic heterocycles. The summed E-state index contributed by atoms with van der Waals surface area (Å²) in [6, 6.07) is 0. The van der Waals surface area contributed by atoms with Gasteiger partial charge in [-0.25, -0.2) is 4.79 Å². The van der Waals surface area contributed by atoms with E-state index in [1.165, 1.54) is 0 Å². The van der Waals surface area contributed by atoms with Crippen LogP contribution >= 0.6 is 0 Å². The molecule has 5 heteroatoms. The lowest BCUT2D eigenvalue weighted by atomic mass is 9.88. The molecule has 5 nitrogen and oxygen atoms in total. The summed E-state index contributed by atoms with van der Waals surface area (Å²) in [5.74, 6) is -1.53. The van der Waals surface area contributed by atoms with E-state index in [9.17, 15) is 9.90 Å². The Morgan fingerprint density at radius 1 is 1.39 bits per heavy atom. The van der Waals surface area contributed by atoms with Crippen molar-refractivity contribution in [1.82, 2.24) is 0 Å². The number of rotatable bonds is 8. The van der Waals surface area contributed by atoms with Crippen molar-refractivity contribution in [1.29, 1.82) is 0 Å². The van der Waals surface area contributed by atoms with Gasteiger partial charge in [-0.3, -0.25) is 0 Å². The van der Waals surface area contributed by atoms with E-state index in [1.54, 1.807) is 13.8 Å². The summed E-state index contributed by atoms with van der Waals surface area (Å²) in [6.07, 6.45) is 2.32. The van der Waals surface area contributed by atoms with E-state index in [4.69, 9.17) is 14.2 Å². The van der Waals surface area contributed by atoms with Crippen LogP contribution in [0.3, 0.4) is 0 Å². The van der Waals surface area contributed by atoms with Gasteiger partial charge in [0.05, 0.1) is 17.8 Å². The first-order chi connectivity index (χ1) is 10.5. The van der Waals surface area contributed by atoms with Crippen molar-refractivity contribution in [3.63, 3.8) is 0 Å². The fourth-order valence-corrected chi connectivity index (χ4v) is 3.27. The van der Waals surface area contributed by atoms with E-state index >= 15 is 0 Å². The predicted octanol–water partition coefficient (Wildman–Crippen LogP) is 3.35. The van der Waals surface area contributed by atoms with Gasteiger partial charge in [0.25, 0.3) is 0 Å². The summed E-state index contributed by atoms with van der Waals surface area (Å²) in [4.78, 5) is 11.7. The van der Waals surface area contributed by atoms with E-state index in [-0.39, 0.29) is 12.1 Å². The van der Waals surface area contributed by atoms with Crippen LogP contribution in [-0.4, -0.2) is 40.8 Å². The van der Waals surface area contributed by atoms with Crippen LogP contribution in [0.25, 0.3) is 0 Å². The molecule has 1 saturated heterocycles. The molecule has 1 aliphatic heterocycles. The average molecular weight is 328 g/mol. The zero-order valence-corrected chi connectivity index (χ0v) is 15.4. The Hall–Kier alpha value is -0.910. The molecular formula is C18H32O5. The van der Waals surface area contributed by atoms with Crippen LogP contribution in [0, 0.1) is 0 Å². The molecule has 3 unspecified atom stereocenters. The van der Waals surface area contributed by atoms with Crippen LogP contribution in [0.5, 0.6) is 0 Å². The Labute approximate surface area is 140 Å². The van der Waals surface area contributed by atoms with Crippen molar-refractivity contribution in [2.75, 3.05) is 6.61 Å². The maximum atomic E-state index is 11.7. The zero-order chi connectivity index (χ0) is 17.9. The SMILES string of the molecule is C=C(C)C(=O)OC(C)CC(CC)(CC)OC1(C)COC(C)(O)C1. The van der Waals surface area contributed by atoms with Crippen LogP contribution in [0.15, 0.2) is 12.2 Å². The highest BCUT2D eigenvalue weighted by molar-refractivity contribution is 5.87. The molecule has 23 heavy (non-hydrogen) atoms. The minimum Gasteiger partial charge on any atom is -0.459 e. The fourth-order valence-electron chi connectivity index (χ4n) is 3.27. The van der Waals surface area contributed by atoms with Crippen molar-refractivity contribution in [2.24, 2.45) is 0 Å². The van der Waals surface area contributed by atoms with Gasteiger partial charge in [-0.2, -0.15) is 0 Å². The Balaban J connectivity index is 2.79. The lowest BCUT2D eigenvalue weighted by Gasteiger charge is -2.40. The van der Waals surface area contributed by atoms with Gasteiger partial charge < -0.3 is 19.3 Å². The summed E-state index contributed by atoms with van der Waals surface area (Å²) >= 11 is 0. The number of carbonyl (C=O) groups is 1. The topological polar surface area (TPSA) is 65.0 Å². The molecule has 0 aromatic carbocycles. The second kappa shape index (κ2) is 7.32. The normalized spacial score (nSPS) is 29.3. The third kappa shape index (κ3) is 5.59. The molecule has 1 heterocycles. The summed E-state index contributed by atoms with van der Waals surface area (Å²) in [5.41, 5.74) is -0.579. The summed E-state index contributed by atoms with van der Waals surface area (Å²) in [7, 11) is 0. The van der Waals surface area contributed by atoms with Gasteiger partial charge >= 0.3 is 5.97 Å². The van der Waals surface area contributed by atoms with E-state index < -0.39 is 17.0 Å². The van der Waals surface area contributed by atoms with Crippen molar-refractivity contribution >= 4 is 5.97 Å². The molecule has 0 radical (unpaired) electrons. The minimum atomic E-state index is -1.15. The molecule has 0 bridgehead atoms. The van der Waals surface area contributed by atoms with Crippen LogP contribution in [0.2, 0.25) is 0 Å². The summed E-state index contributed by atoms with van der Waals surface area (Å²) < 4.78 is 17.3. The molecule has 134 valence electrons. The van der Waals surface area contributed by atoms with Crippen LogP contribution in [0.4, 0.5) is 0 Å². The highest BCUT2D eigenvalue weighted by atomic mass is 16.7. The van der Waals surface area contributed by atoms with Crippen molar-refractivity contribution in [3.8, 4) is 0 Å². The highest BCUT2D eigenvalue weighted by Crippen LogP contribution is 2.40. The highest BCUT2D eigenvalue weighted by Gasteiger charge is 2.48. The molecule has 0 saturated carbocycles. The quantitative estimate of drug-likeness (QED) is 0.547. The lowest BCUT2D eigenvalue weighted by molar-refractivity contribution is -0.173. The van der Waals surface area contributed by atoms with Gasteiger partial charge in [0, 0.05) is 18.4 Å². The molecule has 3 atom stereocenters. The van der Waals surface area contributed by atoms with Gasteiger partial charge in [0.15, 0.2) is 5.79 Å². The maximum Gasteiger partial charge on any atom is 0.333 e. The van der Waals surface area contributed by atoms with E-state index in [2.05, 4.69) is 20.4 Å². The average Bonchev–Trinajstić information content (AvgIpc) is 2.71. The standard InChI is InChI=1S/C18H32O5/c1-8-18(9-2,10-14(5)22-15(19)13(3)4)23-16(6)11-17(7,20)21-12-16/h14,20H,3,8-12H2,1-2,4-7H3. The molecule has 1 aliphatic rings. The Kier molecular flexibility index (Phi) is 6.41. The van der Waals surface area contributed by atoms with Crippen LogP contribution in [-0.2, 0) is 19.0 Å². The second-order valence-corrected chi connectivity index (χ2v) is 7.28. The zero-order valence-electron chi connectivity index (χ0n) is 15.4. The molecule has 0 spiro atoms. The first kappa shape index (κ1) is 20.1. The van der Waals surface area contributed by atoms with E-state index in [0.717, 1.165) is 12.8 Å². The molecule has 1 N–H and O–H groups in total. The largest absolute Gasteiger partial charge is 0.459 e. The van der Waals surface area contributed by atoms with Crippen molar-refractivity contribution in [3.05, 3.63) is 12.2 Å². The van der Waals surface area contributed by atoms with Crippen molar-refractivity contribution < 1.29 is 24.1 Å². The number of hydrogen-bond donors (Lipinski definition) is 1. The summed E-state index contributed by atoms with van der Waals surface area (Å²) in [6.45, 7) is 15.2. The molecule has 0 aliphatic carbocycles. The number of esters is 1. The van der Waals surface area contributed by atoms with E-state index in [0.29, 0.717) is 25.0 Å². The molecule has 0 aromatic rings. The number of aliphatic hydroxyl groups is 1. The van der Waals surface area contributed by atoms with Gasteiger partial charge in [-0.05, 0) is 40.5 Å². The third-order valence-electron chi connectivity index (χ3n) is 4.46. The minimum absolute atomic E-state index is 0.273. The van der Waals surface area contributed by atoms with Crippen LogP contribution in [0.1, 0.15) is 67.2 Å².